The van der Waals surface area contributed by atoms with Gasteiger partial charge in [-0.25, -0.2) is 0 Å². The highest BCUT2D eigenvalue weighted by Gasteiger charge is 2.45. The van der Waals surface area contributed by atoms with Crippen LogP contribution in [0, 0.1) is 0 Å². The predicted molar refractivity (Wildman–Crippen MR) is 114 cm³/mol. The SMILES string of the molecule is O=C1CCC(N2C(=O)c3ccc(NC4CCNC5(CCCCC5)C4)cc3C2=O)C(=O)N1. The Morgan fingerprint density at radius 2 is 1.74 bits per heavy atom. The molecule has 1 aromatic carbocycles. The van der Waals surface area contributed by atoms with Crippen LogP contribution in [0.3, 0.4) is 0 Å². The van der Waals surface area contributed by atoms with Crippen LogP contribution < -0.4 is 16.0 Å². The van der Waals surface area contributed by atoms with Crippen molar-refractivity contribution in [1.82, 2.24) is 15.5 Å². The Hall–Kier alpha value is -2.74. The molecule has 3 aliphatic heterocycles. The van der Waals surface area contributed by atoms with Crippen LogP contribution in [0.2, 0.25) is 0 Å². The maximum atomic E-state index is 13.0. The number of hydrogen-bond donors (Lipinski definition) is 3. The van der Waals surface area contributed by atoms with Gasteiger partial charge in [-0.3, -0.25) is 29.4 Å². The molecule has 8 nitrogen and oxygen atoms in total. The minimum Gasteiger partial charge on any atom is -0.382 e. The van der Waals surface area contributed by atoms with Gasteiger partial charge in [0, 0.05) is 23.7 Å². The van der Waals surface area contributed by atoms with Crippen molar-refractivity contribution in [3.63, 3.8) is 0 Å². The number of nitrogens with zero attached hydrogens (tertiary/aromatic N) is 1. The topological polar surface area (TPSA) is 108 Å². The van der Waals surface area contributed by atoms with E-state index in [9.17, 15) is 19.2 Å². The summed E-state index contributed by atoms with van der Waals surface area (Å²) in [5.41, 5.74) is 1.68. The first-order chi connectivity index (χ1) is 15.0. The maximum absolute atomic E-state index is 13.0. The van der Waals surface area contributed by atoms with E-state index in [1.807, 2.05) is 6.07 Å². The molecule has 1 saturated carbocycles. The number of carbonyl (C=O) groups is 4. The lowest BCUT2D eigenvalue weighted by atomic mass is 9.75. The molecule has 0 aromatic heterocycles. The van der Waals surface area contributed by atoms with E-state index in [2.05, 4.69) is 16.0 Å². The molecule has 3 N–H and O–H groups in total. The van der Waals surface area contributed by atoms with Crippen LogP contribution in [0.4, 0.5) is 5.69 Å². The molecule has 1 spiro atoms. The number of hydrogen-bond acceptors (Lipinski definition) is 6. The summed E-state index contributed by atoms with van der Waals surface area (Å²) in [6.45, 7) is 0.976. The van der Waals surface area contributed by atoms with Gasteiger partial charge in [0.15, 0.2) is 0 Å². The number of carbonyl (C=O) groups excluding carboxylic acids is 4. The van der Waals surface area contributed by atoms with Crippen molar-refractivity contribution in [1.29, 1.82) is 0 Å². The molecule has 164 valence electrons. The standard InChI is InChI=1S/C23H28N4O4/c28-19-7-6-18(20(29)26-19)27-21(30)16-5-4-14(12-17(16)22(27)31)25-15-8-11-24-23(13-15)9-2-1-3-10-23/h4-5,12,15,18,24-25H,1-3,6-11,13H2,(H,26,28,29). The van der Waals surface area contributed by atoms with Crippen molar-refractivity contribution in [3.05, 3.63) is 29.3 Å². The van der Waals surface area contributed by atoms with Gasteiger partial charge >= 0.3 is 0 Å². The van der Waals surface area contributed by atoms with E-state index in [1.165, 1.54) is 32.1 Å². The number of piperidine rings is 2. The molecule has 1 aliphatic carbocycles. The van der Waals surface area contributed by atoms with Crippen LogP contribution in [-0.4, -0.2) is 52.7 Å². The molecule has 31 heavy (non-hydrogen) atoms. The fourth-order valence-corrected chi connectivity index (χ4v) is 5.69. The number of fused-ring (bicyclic) bond motifs is 1. The molecular formula is C23H28N4O4. The molecule has 2 saturated heterocycles. The Morgan fingerprint density at radius 3 is 2.52 bits per heavy atom. The quantitative estimate of drug-likeness (QED) is 0.641. The van der Waals surface area contributed by atoms with Crippen LogP contribution >= 0.6 is 0 Å². The van der Waals surface area contributed by atoms with Gasteiger partial charge in [-0.15, -0.1) is 0 Å². The lowest BCUT2D eigenvalue weighted by Crippen LogP contribution is -2.55. The molecule has 4 aliphatic rings. The first kappa shape index (κ1) is 20.2. The van der Waals surface area contributed by atoms with Crippen LogP contribution in [0.15, 0.2) is 18.2 Å². The summed E-state index contributed by atoms with van der Waals surface area (Å²) >= 11 is 0. The molecule has 1 aromatic rings. The smallest absolute Gasteiger partial charge is 0.262 e. The van der Waals surface area contributed by atoms with Gasteiger partial charge in [-0.05, 0) is 56.8 Å². The summed E-state index contributed by atoms with van der Waals surface area (Å²) in [6, 6.07) is 4.62. The average molecular weight is 425 g/mol. The Kier molecular flexibility index (Phi) is 5.04. The summed E-state index contributed by atoms with van der Waals surface area (Å²) < 4.78 is 0. The largest absolute Gasteiger partial charge is 0.382 e. The van der Waals surface area contributed by atoms with Gasteiger partial charge in [0.2, 0.25) is 11.8 Å². The van der Waals surface area contributed by atoms with Gasteiger partial charge in [0.25, 0.3) is 11.8 Å². The van der Waals surface area contributed by atoms with Gasteiger partial charge in [0.05, 0.1) is 11.1 Å². The molecule has 8 heteroatoms. The van der Waals surface area contributed by atoms with Crippen LogP contribution in [0.1, 0.15) is 78.5 Å². The van der Waals surface area contributed by atoms with Crippen molar-refractivity contribution in [2.24, 2.45) is 0 Å². The summed E-state index contributed by atoms with van der Waals surface area (Å²) in [7, 11) is 0. The summed E-state index contributed by atoms with van der Waals surface area (Å²) in [5.74, 6) is -1.89. The highest BCUT2D eigenvalue weighted by molar-refractivity contribution is 6.23. The third-order valence-electron chi connectivity index (χ3n) is 7.25. The van der Waals surface area contributed by atoms with E-state index >= 15 is 0 Å². The average Bonchev–Trinajstić information content (AvgIpc) is 2.99. The monoisotopic (exact) mass is 424 g/mol. The second-order valence-electron chi connectivity index (χ2n) is 9.31. The minimum atomic E-state index is -0.933. The molecule has 0 bridgehead atoms. The second kappa shape index (κ2) is 7.75. The fraction of sp³-hybridized carbons (Fsp3) is 0.565. The molecular weight excluding hydrogens is 396 g/mol. The van der Waals surface area contributed by atoms with Gasteiger partial charge < -0.3 is 10.6 Å². The number of nitrogens with one attached hydrogen (secondary N) is 3. The third-order valence-corrected chi connectivity index (χ3v) is 7.25. The van der Waals surface area contributed by atoms with Gasteiger partial charge in [-0.2, -0.15) is 0 Å². The first-order valence-corrected chi connectivity index (χ1v) is 11.3. The number of imide groups is 2. The zero-order valence-electron chi connectivity index (χ0n) is 17.5. The van der Waals surface area contributed by atoms with E-state index in [4.69, 9.17) is 0 Å². The molecule has 5 rings (SSSR count). The zero-order chi connectivity index (χ0) is 21.6. The number of anilines is 1. The third kappa shape index (κ3) is 3.63. The Morgan fingerprint density at radius 1 is 0.968 bits per heavy atom. The van der Waals surface area contributed by atoms with Crippen LogP contribution in [0.5, 0.6) is 0 Å². The molecule has 4 amide bonds. The van der Waals surface area contributed by atoms with Gasteiger partial charge in [-0.1, -0.05) is 19.3 Å². The zero-order valence-corrected chi connectivity index (χ0v) is 17.5. The lowest BCUT2D eigenvalue weighted by Gasteiger charge is -2.45. The maximum Gasteiger partial charge on any atom is 0.262 e. The molecule has 0 radical (unpaired) electrons. The second-order valence-corrected chi connectivity index (χ2v) is 9.31. The van der Waals surface area contributed by atoms with Crippen molar-refractivity contribution in [2.75, 3.05) is 11.9 Å². The van der Waals surface area contributed by atoms with Crippen molar-refractivity contribution >= 4 is 29.3 Å². The molecule has 2 unspecified atom stereocenters. The Labute approximate surface area is 181 Å². The highest BCUT2D eigenvalue weighted by Crippen LogP contribution is 2.36. The van der Waals surface area contributed by atoms with E-state index in [0.29, 0.717) is 17.2 Å². The van der Waals surface area contributed by atoms with E-state index in [1.54, 1.807) is 12.1 Å². The van der Waals surface area contributed by atoms with Gasteiger partial charge in [0.1, 0.15) is 6.04 Å². The highest BCUT2D eigenvalue weighted by atomic mass is 16.2. The van der Waals surface area contributed by atoms with Crippen LogP contribution in [-0.2, 0) is 9.59 Å². The number of benzene rings is 1. The predicted octanol–water partition coefficient (Wildman–Crippen LogP) is 1.95. The van der Waals surface area contributed by atoms with E-state index in [0.717, 1.165) is 30.0 Å². The summed E-state index contributed by atoms with van der Waals surface area (Å²) in [4.78, 5) is 50.5. The Bertz CT molecular complexity index is 947. The minimum absolute atomic E-state index is 0.119. The van der Waals surface area contributed by atoms with Crippen molar-refractivity contribution < 1.29 is 19.2 Å². The summed E-state index contributed by atoms with van der Waals surface area (Å²) in [5, 5.41) is 9.55. The van der Waals surface area contributed by atoms with E-state index < -0.39 is 23.8 Å². The normalized spacial score (nSPS) is 27.9. The van der Waals surface area contributed by atoms with Crippen molar-refractivity contribution in [2.45, 2.75) is 75.4 Å². The lowest BCUT2D eigenvalue weighted by molar-refractivity contribution is -0.136. The number of rotatable bonds is 3. The first-order valence-electron chi connectivity index (χ1n) is 11.3. The molecule has 2 atom stereocenters. The fourth-order valence-electron chi connectivity index (χ4n) is 5.69. The van der Waals surface area contributed by atoms with Crippen molar-refractivity contribution in [3.8, 4) is 0 Å². The summed E-state index contributed by atoms with van der Waals surface area (Å²) in [6.07, 6.45) is 8.62. The van der Waals surface area contributed by atoms with Crippen LogP contribution in [0.25, 0.3) is 0 Å². The van der Waals surface area contributed by atoms with E-state index in [-0.39, 0.29) is 24.3 Å². The Balaban J connectivity index is 1.32. The molecule has 3 heterocycles. The molecule has 3 fully saturated rings. The number of amides is 4.